The molecule has 2 aromatic rings. The molecular weight excluding hydrogens is 388 g/mol. The summed E-state index contributed by atoms with van der Waals surface area (Å²) in [4.78, 5) is 24.3. The molecule has 9 heteroatoms. The maximum atomic E-state index is 12.7. The van der Waals surface area contributed by atoms with Crippen molar-refractivity contribution in [2.45, 2.75) is 24.2 Å². The van der Waals surface area contributed by atoms with E-state index in [-0.39, 0.29) is 10.5 Å². The largest absolute Gasteiger partial charge is 0.465 e. The first-order valence-electron chi connectivity index (χ1n) is 8.51. The quantitative estimate of drug-likeness (QED) is 0.768. The molecule has 0 bridgehead atoms. The number of amides is 1. The van der Waals surface area contributed by atoms with Gasteiger partial charge in [-0.25, -0.2) is 13.2 Å². The first-order chi connectivity index (χ1) is 12.9. The molecule has 0 aliphatic carbocycles. The molecule has 2 heterocycles. The molecule has 1 saturated heterocycles. The maximum absolute atomic E-state index is 12.7. The second-order valence-electron chi connectivity index (χ2n) is 6.10. The van der Waals surface area contributed by atoms with Crippen molar-refractivity contribution in [1.29, 1.82) is 0 Å². The second kappa shape index (κ2) is 8.20. The van der Waals surface area contributed by atoms with Gasteiger partial charge in [-0.2, -0.15) is 4.31 Å². The highest BCUT2D eigenvalue weighted by molar-refractivity contribution is 7.89. The lowest BCUT2D eigenvalue weighted by atomic mass is 10.2. The molecule has 0 atom stereocenters. The van der Waals surface area contributed by atoms with E-state index in [4.69, 9.17) is 0 Å². The SMILES string of the molecule is COC(=O)c1ccsc1NC(=O)c1ccc(S(=O)(=O)N2CCCCC2)cc1. The van der Waals surface area contributed by atoms with Crippen LogP contribution in [0.3, 0.4) is 0 Å². The van der Waals surface area contributed by atoms with Crippen LogP contribution < -0.4 is 5.32 Å². The van der Waals surface area contributed by atoms with Gasteiger partial charge in [0.05, 0.1) is 17.6 Å². The van der Waals surface area contributed by atoms with Crippen LogP contribution in [0.15, 0.2) is 40.6 Å². The Morgan fingerprint density at radius 2 is 1.74 bits per heavy atom. The average molecular weight is 409 g/mol. The maximum Gasteiger partial charge on any atom is 0.340 e. The number of carbonyl (C=O) groups excluding carboxylic acids is 2. The van der Waals surface area contributed by atoms with E-state index < -0.39 is 21.9 Å². The first kappa shape index (κ1) is 19.5. The fourth-order valence-corrected chi connectivity index (χ4v) is 5.17. The highest BCUT2D eigenvalue weighted by Crippen LogP contribution is 2.25. The number of nitrogens with zero attached hydrogens (tertiary/aromatic N) is 1. The number of anilines is 1. The van der Waals surface area contributed by atoms with Crippen molar-refractivity contribution in [3.63, 3.8) is 0 Å². The zero-order valence-electron chi connectivity index (χ0n) is 14.8. The summed E-state index contributed by atoms with van der Waals surface area (Å²) >= 11 is 1.21. The van der Waals surface area contributed by atoms with E-state index in [0.29, 0.717) is 23.7 Å². The van der Waals surface area contributed by atoms with Crippen molar-refractivity contribution < 1.29 is 22.7 Å². The zero-order chi connectivity index (χ0) is 19.4. The van der Waals surface area contributed by atoms with Crippen molar-refractivity contribution in [1.82, 2.24) is 4.31 Å². The lowest BCUT2D eigenvalue weighted by molar-refractivity contribution is 0.0602. The number of methoxy groups -OCH3 is 1. The van der Waals surface area contributed by atoms with Gasteiger partial charge in [-0.1, -0.05) is 6.42 Å². The van der Waals surface area contributed by atoms with Crippen LogP contribution in [0.25, 0.3) is 0 Å². The van der Waals surface area contributed by atoms with Gasteiger partial charge in [0.1, 0.15) is 5.00 Å². The van der Waals surface area contributed by atoms with Gasteiger partial charge in [0, 0.05) is 18.7 Å². The third kappa shape index (κ3) is 4.20. The van der Waals surface area contributed by atoms with Crippen LogP contribution in [0.5, 0.6) is 0 Å². The molecule has 1 fully saturated rings. The molecule has 27 heavy (non-hydrogen) atoms. The number of thiophene rings is 1. The summed E-state index contributed by atoms with van der Waals surface area (Å²) < 4.78 is 31.5. The van der Waals surface area contributed by atoms with Crippen molar-refractivity contribution in [2.75, 3.05) is 25.5 Å². The lowest BCUT2D eigenvalue weighted by Gasteiger charge is -2.25. The lowest BCUT2D eigenvalue weighted by Crippen LogP contribution is -2.35. The molecule has 7 nitrogen and oxygen atoms in total. The minimum atomic E-state index is -3.53. The summed E-state index contributed by atoms with van der Waals surface area (Å²) in [5, 5.41) is 4.73. The Balaban J connectivity index is 1.74. The molecule has 0 spiro atoms. The number of piperidine rings is 1. The summed E-state index contributed by atoms with van der Waals surface area (Å²) in [5.74, 6) is -0.959. The Morgan fingerprint density at radius 3 is 2.37 bits per heavy atom. The highest BCUT2D eigenvalue weighted by atomic mass is 32.2. The highest BCUT2D eigenvalue weighted by Gasteiger charge is 2.26. The van der Waals surface area contributed by atoms with E-state index in [1.165, 1.54) is 47.0 Å². The van der Waals surface area contributed by atoms with Crippen LogP contribution in [0.4, 0.5) is 5.00 Å². The number of hydrogen-bond acceptors (Lipinski definition) is 6. The van der Waals surface area contributed by atoms with E-state index in [9.17, 15) is 18.0 Å². The van der Waals surface area contributed by atoms with E-state index in [0.717, 1.165) is 19.3 Å². The predicted molar refractivity (Wildman–Crippen MR) is 103 cm³/mol. The molecule has 0 radical (unpaired) electrons. The third-order valence-corrected chi connectivity index (χ3v) is 7.11. The number of esters is 1. The summed E-state index contributed by atoms with van der Waals surface area (Å²) in [6, 6.07) is 7.39. The summed E-state index contributed by atoms with van der Waals surface area (Å²) in [5.41, 5.74) is 0.581. The molecule has 1 aromatic carbocycles. The minimum absolute atomic E-state index is 0.173. The van der Waals surface area contributed by atoms with E-state index in [2.05, 4.69) is 10.1 Å². The number of sulfonamides is 1. The standard InChI is InChI=1S/C18H20N2O5S2/c1-25-18(22)15-9-12-26-17(15)19-16(21)13-5-7-14(8-6-13)27(23,24)20-10-3-2-4-11-20/h5-9,12H,2-4,10-11H2,1H3,(H,19,21). The number of rotatable bonds is 5. The van der Waals surface area contributed by atoms with Gasteiger partial charge in [0.25, 0.3) is 5.91 Å². The van der Waals surface area contributed by atoms with E-state index in [1.54, 1.807) is 11.4 Å². The molecule has 1 aliphatic rings. The van der Waals surface area contributed by atoms with Gasteiger partial charge < -0.3 is 10.1 Å². The van der Waals surface area contributed by atoms with Gasteiger partial charge in [0.2, 0.25) is 10.0 Å². The van der Waals surface area contributed by atoms with Crippen molar-refractivity contribution in [2.24, 2.45) is 0 Å². The third-order valence-electron chi connectivity index (χ3n) is 4.37. The summed E-state index contributed by atoms with van der Waals surface area (Å²) in [6.45, 7) is 1.05. The van der Waals surface area contributed by atoms with Gasteiger partial charge in [-0.15, -0.1) is 11.3 Å². The topological polar surface area (TPSA) is 92.8 Å². The Morgan fingerprint density at radius 1 is 1.07 bits per heavy atom. The van der Waals surface area contributed by atoms with Crippen LogP contribution in [-0.2, 0) is 14.8 Å². The van der Waals surface area contributed by atoms with Crippen molar-refractivity contribution in [3.8, 4) is 0 Å². The van der Waals surface area contributed by atoms with Crippen molar-refractivity contribution >= 4 is 38.2 Å². The van der Waals surface area contributed by atoms with Gasteiger partial charge in [0.15, 0.2) is 0 Å². The van der Waals surface area contributed by atoms with Crippen LogP contribution in [0.2, 0.25) is 0 Å². The van der Waals surface area contributed by atoms with Gasteiger partial charge in [-0.3, -0.25) is 4.79 Å². The fraction of sp³-hybridized carbons (Fsp3) is 0.333. The molecule has 0 unspecified atom stereocenters. The molecule has 1 amide bonds. The number of benzene rings is 1. The molecule has 1 aromatic heterocycles. The Bertz CT molecular complexity index is 929. The summed E-state index contributed by atoms with van der Waals surface area (Å²) in [6.07, 6.45) is 2.77. The Labute approximate surface area is 162 Å². The smallest absolute Gasteiger partial charge is 0.340 e. The normalized spacial score (nSPS) is 15.3. The zero-order valence-corrected chi connectivity index (χ0v) is 16.4. The van der Waals surface area contributed by atoms with Crippen LogP contribution in [-0.4, -0.2) is 44.8 Å². The molecule has 0 saturated carbocycles. The van der Waals surface area contributed by atoms with E-state index in [1.807, 2.05) is 0 Å². The number of carbonyl (C=O) groups is 2. The molecule has 1 N–H and O–H groups in total. The fourth-order valence-electron chi connectivity index (χ4n) is 2.88. The van der Waals surface area contributed by atoms with Crippen molar-refractivity contribution in [3.05, 3.63) is 46.8 Å². The molecule has 144 valence electrons. The van der Waals surface area contributed by atoms with E-state index >= 15 is 0 Å². The number of ether oxygens (including phenoxy) is 1. The van der Waals surface area contributed by atoms with Crippen LogP contribution >= 0.6 is 11.3 Å². The second-order valence-corrected chi connectivity index (χ2v) is 8.95. The molecular formula is C18H20N2O5S2. The Kier molecular flexibility index (Phi) is 5.93. The number of nitrogens with one attached hydrogen (secondary N) is 1. The molecule has 1 aliphatic heterocycles. The number of hydrogen-bond donors (Lipinski definition) is 1. The van der Waals surface area contributed by atoms with Gasteiger partial charge in [-0.05, 0) is 48.6 Å². The first-order valence-corrected chi connectivity index (χ1v) is 10.8. The predicted octanol–water partition coefficient (Wildman–Crippen LogP) is 2.96. The van der Waals surface area contributed by atoms with Crippen LogP contribution in [0.1, 0.15) is 40.0 Å². The monoisotopic (exact) mass is 408 g/mol. The minimum Gasteiger partial charge on any atom is -0.465 e. The summed E-state index contributed by atoms with van der Waals surface area (Å²) in [7, 11) is -2.26. The van der Waals surface area contributed by atoms with Crippen LogP contribution in [0, 0.1) is 0 Å². The molecule has 3 rings (SSSR count). The average Bonchev–Trinajstić information content (AvgIpc) is 3.16. The Hall–Kier alpha value is -2.23. The van der Waals surface area contributed by atoms with Gasteiger partial charge >= 0.3 is 5.97 Å².